The maximum atomic E-state index is 11.5. The highest BCUT2D eigenvalue weighted by molar-refractivity contribution is 7.13. The number of aromatic nitrogens is 3. The van der Waals surface area contributed by atoms with Gasteiger partial charge in [-0.05, 0) is 44.5 Å². The van der Waals surface area contributed by atoms with Gasteiger partial charge in [-0.15, -0.1) is 11.3 Å². The Morgan fingerprint density at radius 3 is 2.78 bits per heavy atom. The first-order valence-electron chi connectivity index (χ1n) is 8.58. The number of nitrogens with one attached hydrogen (secondary N) is 1. The number of thiazole rings is 1. The minimum Gasteiger partial charge on any atom is -0.466 e. The second kappa shape index (κ2) is 8.59. The number of hydrazone groups is 1. The molecule has 1 aromatic carbocycles. The van der Waals surface area contributed by atoms with Gasteiger partial charge in [-0.25, -0.2) is 9.67 Å². The number of hydrogen-bond acceptors (Lipinski definition) is 7. The summed E-state index contributed by atoms with van der Waals surface area (Å²) >= 11 is 1.39. The standard InChI is InChI=1S/C19H21N5O2S/c1-4-26-18(25)10-16-12-27-19(21-16)22-20-11-15-5-7-17(8-6-15)24-14(3)9-13(2)23-24/h5-9,11-12H,4,10H2,1-3H3,(H,21,22). The average Bonchev–Trinajstić information content (AvgIpc) is 3.21. The van der Waals surface area contributed by atoms with E-state index in [1.807, 2.05) is 54.2 Å². The predicted molar refractivity (Wildman–Crippen MR) is 107 cm³/mol. The van der Waals surface area contributed by atoms with Crippen molar-refractivity contribution in [2.75, 3.05) is 12.0 Å². The highest BCUT2D eigenvalue weighted by Gasteiger charge is 2.08. The Morgan fingerprint density at radius 2 is 2.11 bits per heavy atom. The molecule has 8 heteroatoms. The maximum absolute atomic E-state index is 11.5. The van der Waals surface area contributed by atoms with Gasteiger partial charge in [-0.3, -0.25) is 10.2 Å². The van der Waals surface area contributed by atoms with Crippen LogP contribution in [0.15, 0.2) is 40.8 Å². The number of anilines is 1. The molecule has 2 aromatic heterocycles. The van der Waals surface area contributed by atoms with E-state index in [-0.39, 0.29) is 12.4 Å². The first kappa shape index (κ1) is 18.8. The Morgan fingerprint density at radius 1 is 1.33 bits per heavy atom. The molecule has 3 rings (SSSR count). The van der Waals surface area contributed by atoms with Gasteiger partial charge in [0.15, 0.2) is 0 Å². The molecule has 0 saturated carbocycles. The van der Waals surface area contributed by atoms with Crippen molar-refractivity contribution < 1.29 is 9.53 Å². The molecule has 3 aromatic rings. The van der Waals surface area contributed by atoms with Crippen molar-refractivity contribution in [3.63, 3.8) is 0 Å². The topological polar surface area (TPSA) is 81.4 Å². The molecule has 27 heavy (non-hydrogen) atoms. The van der Waals surface area contributed by atoms with Crippen LogP contribution in [0.2, 0.25) is 0 Å². The van der Waals surface area contributed by atoms with Crippen LogP contribution < -0.4 is 5.43 Å². The number of aryl methyl sites for hydroxylation is 2. The molecule has 140 valence electrons. The molecule has 0 aliphatic heterocycles. The van der Waals surface area contributed by atoms with E-state index >= 15 is 0 Å². The first-order valence-corrected chi connectivity index (χ1v) is 9.46. The molecule has 0 bridgehead atoms. The van der Waals surface area contributed by atoms with Crippen molar-refractivity contribution in [1.82, 2.24) is 14.8 Å². The van der Waals surface area contributed by atoms with Crippen LogP contribution in [-0.4, -0.2) is 33.6 Å². The van der Waals surface area contributed by atoms with Crippen LogP contribution in [0.5, 0.6) is 0 Å². The molecule has 0 saturated heterocycles. The lowest BCUT2D eigenvalue weighted by Crippen LogP contribution is -2.07. The Balaban J connectivity index is 1.58. The van der Waals surface area contributed by atoms with Gasteiger partial charge in [-0.1, -0.05) is 12.1 Å². The Kier molecular flexibility index (Phi) is 5.97. The fraction of sp³-hybridized carbons (Fsp3) is 0.263. The summed E-state index contributed by atoms with van der Waals surface area (Å²) in [5.41, 5.74) is 7.61. The minimum atomic E-state index is -0.277. The second-order valence-corrected chi connectivity index (χ2v) is 6.78. The largest absolute Gasteiger partial charge is 0.466 e. The molecular formula is C19H21N5O2S. The van der Waals surface area contributed by atoms with E-state index in [2.05, 4.69) is 20.6 Å². The lowest BCUT2D eigenvalue weighted by atomic mass is 10.2. The third-order valence-corrected chi connectivity index (χ3v) is 4.50. The van der Waals surface area contributed by atoms with Crippen LogP contribution in [0.4, 0.5) is 5.13 Å². The normalized spacial score (nSPS) is 11.1. The predicted octanol–water partition coefficient (Wildman–Crippen LogP) is 3.50. The number of carbonyl (C=O) groups is 1. The molecule has 0 unspecified atom stereocenters. The molecule has 0 spiro atoms. The molecule has 0 aliphatic rings. The molecule has 0 aliphatic carbocycles. The molecule has 1 N–H and O–H groups in total. The molecule has 0 amide bonds. The van der Waals surface area contributed by atoms with Gasteiger partial charge in [0.2, 0.25) is 5.13 Å². The Labute approximate surface area is 161 Å². The van der Waals surface area contributed by atoms with Gasteiger partial charge in [-0.2, -0.15) is 10.2 Å². The third-order valence-electron chi connectivity index (χ3n) is 3.70. The zero-order chi connectivity index (χ0) is 19.2. The summed E-state index contributed by atoms with van der Waals surface area (Å²) in [7, 11) is 0. The molecule has 7 nitrogen and oxygen atoms in total. The SMILES string of the molecule is CCOC(=O)Cc1csc(NN=Cc2ccc(-n3nc(C)cc3C)cc2)n1. The quantitative estimate of drug-likeness (QED) is 0.384. The summed E-state index contributed by atoms with van der Waals surface area (Å²) < 4.78 is 6.83. The monoisotopic (exact) mass is 383 g/mol. The highest BCUT2D eigenvalue weighted by atomic mass is 32.1. The van der Waals surface area contributed by atoms with E-state index in [1.165, 1.54) is 11.3 Å². The van der Waals surface area contributed by atoms with E-state index in [9.17, 15) is 4.79 Å². The number of benzene rings is 1. The summed E-state index contributed by atoms with van der Waals surface area (Å²) in [6.07, 6.45) is 1.89. The minimum absolute atomic E-state index is 0.170. The van der Waals surface area contributed by atoms with E-state index < -0.39 is 0 Å². The second-order valence-electron chi connectivity index (χ2n) is 5.93. The van der Waals surface area contributed by atoms with Crippen molar-refractivity contribution in [2.24, 2.45) is 5.10 Å². The van der Waals surface area contributed by atoms with Crippen LogP contribution in [0.25, 0.3) is 5.69 Å². The van der Waals surface area contributed by atoms with Crippen LogP contribution in [-0.2, 0) is 16.0 Å². The van der Waals surface area contributed by atoms with Gasteiger partial charge in [0.05, 0.1) is 36.3 Å². The maximum Gasteiger partial charge on any atom is 0.311 e. The fourth-order valence-electron chi connectivity index (χ4n) is 2.55. The summed E-state index contributed by atoms with van der Waals surface area (Å²) in [5.74, 6) is -0.277. The lowest BCUT2D eigenvalue weighted by Gasteiger charge is -2.04. The van der Waals surface area contributed by atoms with Crippen LogP contribution >= 0.6 is 11.3 Å². The molecule has 2 heterocycles. The van der Waals surface area contributed by atoms with Crippen molar-refractivity contribution in [2.45, 2.75) is 27.2 Å². The zero-order valence-electron chi connectivity index (χ0n) is 15.5. The van der Waals surface area contributed by atoms with Gasteiger partial charge in [0, 0.05) is 11.1 Å². The van der Waals surface area contributed by atoms with Gasteiger partial charge in [0.25, 0.3) is 0 Å². The van der Waals surface area contributed by atoms with Crippen molar-refractivity contribution in [3.8, 4) is 5.69 Å². The van der Waals surface area contributed by atoms with Crippen LogP contribution in [0.1, 0.15) is 29.6 Å². The fourth-order valence-corrected chi connectivity index (χ4v) is 3.21. The Hall–Kier alpha value is -3.00. The molecule has 0 radical (unpaired) electrons. The van der Waals surface area contributed by atoms with E-state index in [1.54, 1.807) is 13.1 Å². The number of esters is 1. The first-order chi connectivity index (χ1) is 13.0. The molecule has 0 atom stereocenters. The number of hydrogen-bond donors (Lipinski definition) is 1. The van der Waals surface area contributed by atoms with Crippen LogP contribution in [0, 0.1) is 13.8 Å². The van der Waals surface area contributed by atoms with Crippen molar-refractivity contribution in [1.29, 1.82) is 0 Å². The summed E-state index contributed by atoms with van der Waals surface area (Å²) in [6, 6.07) is 10.0. The highest BCUT2D eigenvalue weighted by Crippen LogP contribution is 2.16. The van der Waals surface area contributed by atoms with E-state index in [0.717, 1.165) is 22.6 Å². The summed E-state index contributed by atoms with van der Waals surface area (Å²) in [6.45, 7) is 6.16. The van der Waals surface area contributed by atoms with E-state index in [4.69, 9.17) is 4.74 Å². The van der Waals surface area contributed by atoms with Crippen molar-refractivity contribution in [3.05, 3.63) is 58.4 Å². The Bertz CT molecular complexity index is 943. The summed E-state index contributed by atoms with van der Waals surface area (Å²) in [4.78, 5) is 15.8. The van der Waals surface area contributed by atoms with Gasteiger partial charge in [0.1, 0.15) is 0 Å². The molecular weight excluding hydrogens is 362 g/mol. The number of rotatable bonds is 7. The van der Waals surface area contributed by atoms with Crippen molar-refractivity contribution >= 4 is 28.7 Å². The number of nitrogens with zero attached hydrogens (tertiary/aromatic N) is 4. The molecule has 0 fully saturated rings. The summed E-state index contributed by atoms with van der Waals surface area (Å²) in [5, 5.41) is 11.1. The van der Waals surface area contributed by atoms with Gasteiger partial charge < -0.3 is 4.74 Å². The third kappa shape index (κ3) is 5.01. The average molecular weight is 383 g/mol. The van der Waals surface area contributed by atoms with Gasteiger partial charge >= 0.3 is 5.97 Å². The zero-order valence-corrected chi connectivity index (χ0v) is 16.3. The lowest BCUT2D eigenvalue weighted by molar-refractivity contribution is -0.142. The number of carbonyl (C=O) groups excluding carboxylic acids is 1. The smallest absolute Gasteiger partial charge is 0.311 e. The number of ether oxygens (including phenoxy) is 1. The van der Waals surface area contributed by atoms with Crippen LogP contribution in [0.3, 0.4) is 0 Å². The van der Waals surface area contributed by atoms with E-state index in [0.29, 0.717) is 17.4 Å².